The van der Waals surface area contributed by atoms with Crippen molar-refractivity contribution in [2.75, 3.05) is 19.4 Å². The molecule has 4 aromatic heterocycles. The van der Waals surface area contributed by atoms with Gasteiger partial charge in [-0.05, 0) is 24.3 Å². The second-order valence-corrected chi connectivity index (χ2v) is 10.9. The summed E-state index contributed by atoms with van der Waals surface area (Å²) in [5, 5.41) is 11.9. The Morgan fingerprint density at radius 3 is 2.78 bits per heavy atom. The molecule has 1 fully saturated rings. The fourth-order valence-corrected chi connectivity index (χ4v) is 6.20. The first-order chi connectivity index (χ1) is 17.2. The van der Waals surface area contributed by atoms with E-state index in [1.807, 2.05) is 36.8 Å². The molecular formula is C23H26N6O5S2. The number of pyridine rings is 1. The molecule has 1 amide bonds. The monoisotopic (exact) mass is 530 g/mol. The number of nitrogens with zero attached hydrogens (tertiary/aromatic N) is 6. The van der Waals surface area contributed by atoms with Crippen LogP contribution < -0.4 is 11.2 Å². The van der Waals surface area contributed by atoms with Crippen LogP contribution in [-0.2, 0) is 25.0 Å². The third-order valence-electron chi connectivity index (χ3n) is 6.01. The van der Waals surface area contributed by atoms with Crippen LogP contribution in [0.15, 0.2) is 33.1 Å². The van der Waals surface area contributed by atoms with Crippen molar-refractivity contribution >= 4 is 50.4 Å². The van der Waals surface area contributed by atoms with Crippen molar-refractivity contribution in [1.29, 1.82) is 0 Å². The lowest BCUT2D eigenvalue weighted by Gasteiger charge is -2.16. The van der Waals surface area contributed by atoms with Gasteiger partial charge in [-0.1, -0.05) is 25.6 Å². The zero-order chi connectivity index (χ0) is 25.7. The molecule has 0 spiro atoms. The molecule has 13 heteroatoms. The summed E-state index contributed by atoms with van der Waals surface area (Å²) in [6.45, 7) is 4.60. The van der Waals surface area contributed by atoms with E-state index in [1.165, 1.54) is 30.1 Å². The Kier molecular flexibility index (Phi) is 6.49. The summed E-state index contributed by atoms with van der Waals surface area (Å²) in [6, 6.07) is 3.72. The van der Waals surface area contributed by atoms with Crippen molar-refractivity contribution in [3.05, 3.63) is 49.6 Å². The first-order valence-corrected chi connectivity index (χ1v) is 13.5. The Morgan fingerprint density at radius 1 is 1.33 bits per heavy atom. The van der Waals surface area contributed by atoms with Crippen molar-refractivity contribution in [3.63, 3.8) is 0 Å². The number of aromatic nitrogens is 5. The summed E-state index contributed by atoms with van der Waals surface area (Å²) >= 11 is 2.70. The van der Waals surface area contributed by atoms with Gasteiger partial charge in [0.2, 0.25) is 0 Å². The SMILES string of the molecule is CSc1nc2ncccc2n1Cc1sc2c(c1C(=O)N1C[C@H](O)CO1)c(=O)n(C)c(=O)n2CC(C)C. The number of rotatable bonds is 6. The molecule has 36 heavy (non-hydrogen) atoms. The fourth-order valence-electron chi connectivity index (χ4n) is 4.37. The number of aliphatic hydroxyl groups excluding tert-OH is 1. The van der Waals surface area contributed by atoms with E-state index in [-0.39, 0.29) is 36.6 Å². The standard InChI is InChI=1S/C23H26N6O5S2/c1-12(2)8-28-21-17(19(31)26(3)23(28)33)16(20(32)29-9-13(30)11-34-29)15(36-21)10-27-14-6-5-7-24-18(14)25-22(27)35-4/h5-7,12-13,30H,8-11H2,1-4H3/t13-/m0/s1. The molecule has 5 rings (SSSR count). The van der Waals surface area contributed by atoms with E-state index < -0.39 is 23.3 Å². The molecule has 190 valence electrons. The first kappa shape index (κ1) is 24.7. The molecule has 1 atom stereocenters. The maximum atomic E-state index is 13.7. The molecular weight excluding hydrogens is 504 g/mol. The zero-order valence-electron chi connectivity index (χ0n) is 20.3. The summed E-state index contributed by atoms with van der Waals surface area (Å²) in [4.78, 5) is 55.6. The molecule has 1 aliphatic heterocycles. The predicted octanol–water partition coefficient (Wildman–Crippen LogP) is 1.68. The van der Waals surface area contributed by atoms with E-state index in [1.54, 1.807) is 10.8 Å². The average molecular weight is 531 g/mol. The summed E-state index contributed by atoms with van der Waals surface area (Å²) in [6.07, 6.45) is 2.77. The van der Waals surface area contributed by atoms with Crippen molar-refractivity contribution < 1.29 is 14.7 Å². The van der Waals surface area contributed by atoms with Crippen LogP contribution in [-0.4, -0.2) is 65.3 Å². The number of hydrogen-bond donors (Lipinski definition) is 1. The fraction of sp³-hybridized carbons (Fsp3) is 0.435. The molecule has 1 saturated heterocycles. The third kappa shape index (κ3) is 4.05. The number of hydrogen-bond acceptors (Lipinski definition) is 9. The smallest absolute Gasteiger partial charge is 0.331 e. The molecule has 1 N–H and O–H groups in total. The Morgan fingerprint density at radius 2 is 2.11 bits per heavy atom. The highest BCUT2D eigenvalue weighted by Gasteiger charge is 2.33. The minimum atomic E-state index is -0.809. The van der Waals surface area contributed by atoms with Gasteiger partial charge in [0.25, 0.3) is 11.5 Å². The van der Waals surface area contributed by atoms with Crippen LogP contribution in [0, 0.1) is 5.92 Å². The highest BCUT2D eigenvalue weighted by atomic mass is 32.2. The van der Waals surface area contributed by atoms with E-state index in [0.717, 1.165) is 15.1 Å². The summed E-state index contributed by atoms with van der Waals surface area (Å²) in [5.41, 5.74) is 0.582. The first-order valence-electron chi connectivity index (χ1n) is 11.4. The summed E-state index contributed by atoms with van der Waals surface area (Å²) in [5.74, 6) is -0.384. The molecule has 0 bridgehead atoms. The van der Waals surface area contributed by atoms with E-state index in [9.17, 15) is 19.5 Å². The van der Waals surface area contributed by atoms with Gasteiger partial charge < -0.3 is 9.67 Å². The predicted molar refractivity (Wildman–Crippen MR) is 138 cm³/mol. The quantitative estimate of drug-likeness (QED) is 0.374. The molecule has 0 aromatic carbocycles. The third-order valence-corrected chi connectivity index (χ3v) is 7.88. The Hall–Kier alpha value is -3.00. The normalized spacial score (nSPS) is 16.2. The van der Waals surface area contributed by atoms with Crippen molar-refractivity contribution in [3.8, 4) is 0 Å². The minimum Gasteiger partial charge on any atom is -0.389 e. The number of β-amino-alcohol motifs (C(OH)–C–C–N with tert-alkyl or cyclic N) is 1. The number of imidazole rings is 1. The molecule has 11 nitrogen and oxygen atoms in total. The van der Waals surface area contributed by atoms with Gasteiger partial charge in [-0.25, -0.2) is 19.8 Å². The van der Waals surface area contributed by atoms with Crippen LogP contribution in [0.2, 0.25) is 0 Å². The Bertz CT molecular complexity index is 1600. The van der Waals surface area contributed by atoms with Crippen molar-refractivity contribution in [1.82, 2.24) is 28.7 Å². The molecule has 0 radical (unpaired) electrons. The molecule has 5 heterocycles. The van der Waals surface area contributed by atoms with E-state index in [4.69, 9.17) is 4.84 Å². The van der Waals surface area contributed by atoms with Gasteiger partial charge in [-0.2, -0.15) is 0 Å². The second kappa shape index (κ2) is 9.47. The van der Waals surface area contributed by atoms with Crippen molar-refractivity contribution in [2.24, 2.45) is 13.0 Å². The number of fused-ring (bicyclic) bond motifs is 2. The van der Waals surface area contributed by atoms with Gasteiger partial charge in [-0.3, -0.25) is 23.6 Å². The van der Waals surface area contributed by atoms with E-state index >= 15 is 0 Å². The zero-order valence-corrected chi connectivity index (χ0v) is 21.9. The number of carbonyl (C=O) groups excluding carboxylic acids is 1. The number of thioether (sulfide) groups is 1. The number of aliphatic hydroxyl groups is 1. The Labute approximate surface area is 213 Å². The lowest BCUT2D eigenvalue weighted by molar-refractivity contribution is -0.0778. The van der Waals surface area contributed by atoms with Gasteiger partial charge in [0.1, 0.15) is 17.5 Å². The van der Waals surface area contributed by atoms with Gasteiger partial charge >= 0.3 is 5.69 Å². The van der Waals surface area contributed by atoms with Crippen LogP contribution in [0.25, 0.3) is 21.4 Å². The highest BCUT2D eigenvalue weighted by Crippen LogP contribution is 2.33. The lowest BCUT2D eigenvalue weighted by Crippen LogP contribution is -2.39. The minimum absolute atomic E-state index is 0.00441. The summed E-state index contributed by atoms with van der Waals surface area (Å²) in [7, 11) is 1.42. The van der Waals surface area contributed by atoms with Gasteiger partial charge in [-0.15, -0.1) is 11.3 Å². The van der Waals surface area contributed by atoms with Gasteiger partial charge in [0.05, 0.1) is 29.6 Å². The second-order valence-electron chi connectivity index (χ2n) is 9.08. The van der Waals surface area contributed by atoms with Gasteiger partial charge in [0.15, 0.2) is 10.8 Å². The van der Waals surface area contributed by atoms with E-state index in [0.29, 0.717) is 27.1 Å². The maximum absolute atomic E-state index is 13.7. The maximum Gasteiger partial charge on any atom is 0.331 e. The van der Waals surface area contributed by atoms with Crippen LogP contribution in [0.1, 0.15) is 29.1 Å². The van der Waals surface area contributed by atoms with Crippen LogP contribution >= 0.6 is 23.1 Å². The molecule has 4 aromatic rings. The molecule has 0 saturated carbocycles. The number of thiophene rings is 1. The highest BCUT2D eigenvalue weighted by molar-refractivity contribution is 7.98. The van der Waals surface area contributed by atoms with Crippen molar-refractivity contribution in [2.45, 2.75) is 38.2 Å². The molecule has 0 aliphatic carbocycles. The van der Waals surface area contributed by atoms with Crippen LogP contribution in [0.3, 0.4) is 0 Å². The number of amides is 1. The number of carbonyl (C=O) groups is 1. The van der Waals surface area contributed by atoms with Crippen LogP contribution in [0.5, 0.6) is 0 Å². The topological polar surface area (TPSA) is 124 Å². The van der Waals surface area contributed by atoms with Crippen LogP contribution in [0.4, 0.5) is 0 Å². The summed E-state index contributed by atoms with van der Waals surface area (Å²) < 4.78 is 4.56. The molecule has 0 unspecified atom stereocenters. The average Bonchev–Trinajstić information content (AvgIpc) is 3.55. The molecule has 1 aliphatic rings. The lowest BCUT2D eigenvalue weighted by atomic mass is 10.1. The number of hydroxylamine groups is 2. The van der Waals surface area contributed by atoms with E-state index in [2.05, 4.69) is 9.97 Å². The largest absolute Gasteiger partial charge is 0.389 e. The Balaban J connectivity index is 1.79. The van der Waals surface area contributed by atoms with Gasteiger partial charge in [0, 0.05) is 24.7 Å².